The first-order valence-electron chi connectivity index (χ1n) is 12.1. The van der Waals surface area contributed by atoms with Gasteiger partial charge in [-0.3, -0.25) is 9.59 Å². The maximum Gasteiger partial charge on any atom is 0.341 e. The molecule has 0 fully saturated rings. The van der Waals surface area contributed by atoms with Gasteiger partial charge < -0.3 is 20.1 Å². The number of thiophene rings is 1. The number of hydrogen-bond donors (Lipinski definition) is 2. The maximum atomic E-state index is 12.7. The summed E-state index contributed by atoms with van der Waals surface area (Å²) in [6.07, 6.45) is 2.70. The second-order valence-corrected chi connectivity index (χ2v) is 10.1. The van der Waals surface area contributed by atoms with E-state index in [2.05, 4.69) is 17.6 Å². The molecule has 36 heavy (non-hydrogen) atoms. The predicted octanol–water partition coefficient (Wildman–Crippen LogP) is 5.63. The molecule has 1 aliphatic carbocycles. The van der Waals surface area contributed by atoms with Crippen LogP contribution in [0.4, 0.5) is 10.7 Å². The Kier molecular flexibility index (Phi) is 8.05. The highest BCUT2D eigenvalue weighted by Gasteiger charge is 2.29. The molecule has 0 aliphatic heterocycles. The van der Waals surface area contributed by atoms with Crippen molar-refractivity contribution < 1.29 is 23.9 Å². The Morgan fingerprint density at radius 2 is 1.75 bits per heavy atom. The van der Waals surface area contributed by atoms with Crippen LogP contribution in [-0.4, -0.2) is 31.0 Å². The lowest BCUT2D eigenvalue weighted by atomic mass is 9.88. The summed E-state index contributed by atoms with van der Waals surface area (Å²) in [5.41, 5.74) is 3.77. The molecule has 0 spiro atoms. The molecule has 0 saturated heterocycles. The first-order valence-corrected chi connectivity index (χ1v) is 12.9. The van der Waals surface area contributed by atoms with Crippen LogP contribution in [0, 0.1) is 12.8 Å². The van der Waals surface area contributed by atoms with Crippen molar-refractivity contribution in [3.05, 3.63) is 75.7 Å². The van der Waals surface area contributed by atoms with Crippen molar-refractivity contribution in [2.24, 2.45) is 5.92 Å². The molecule has 4 rings (SSSR count). The molecular weight excluding hydrogens is 476 g/mol. The van der Waals surface area contributed by atoms with Gasteiger partial charge in [0.05, 0.1) is 12.2 Å². The van der Waals surface area contributed by atoms with Gasteiger partial charge in [-0.2, -0.15) is 0 Å². The van der Waals surface area contributed by atoms with Crippen LogP contribution >= 0.6 is 11.3 Å². The summed E-state index contributed by atoms with van der Waals surface area (Å²) in [7, 11) is 0. The van der Waals surface area contributed by atoms with Crippen molar-refractivity contribution in [1.82, 2.24) is 0 Å². The number of esters is 1. The molecule has 2 aromatic carbocycles. The van der Waals surface area contributed by atoms with Crippen molar-refractivity contribution in [1.29, 1.82) is 0 Å². The lowest BCUT2D eigenvalue weighted by Crippen LogP contribution is -2.21. The van der Waals surface area contributed by atoms with Crippen LogP contribution in [0.15, 0.2) is 48.5 Å². The Bertz CT molecular complexity index is 1250. The van der Waals surface area contributed by atoms with Gasteiger partial charge in [0.1, 0.15) is 10.8 Å². The van der Waals surface area contributed by atoms with Gasteiger partial charge in [-0.1, -0.05) is 24.6 Å². The molecule has 0 saturated carbocycles. The third kappa shape index (κ3) is 6.12. The zero-order valence-corrected chi connectivity index (χ0v) is 21.5. The number of anilines is 2. The van der Waals surface area contributed by atoms with E-state index < -0.39 is 5.97 Å². The Morgan fingerprint density at radius 1 is 1.03 bits per heavy atom. The van der Waals surface area contributed by atoms with Crippen LogP contribution in [0.2, 0.25) is 0 Å². The van der Waals surface area contributed by atoms with Gasteiger partial charge in [0.15, 0.2) is 6.61 Å². The van der Waals surface area contributed by atoms with Crippen molar-refractivity contribution in [2.75, 3.05) is 23.8 Å². The highest BCUT2D eigenvalue weighted by atomic mass is 32.1. The summed E-state index contributed by atoms with van der Waals surface area (Å²) >= 11 is 1.44. The van der Waals surface area contributed by atoms with E-state index in [9.17, 15) is 14.4 Å². The number of benzene rings is 2. The van der Waals surface area contributed by atoms with E-state index >= 15 is 0 Å². The number of fused-ring (bicyclic) bond motifs is 1. The minimum Gasteiger partial charge on any atom is -0.484 e. The molecule has 188 valence electrons. The summed E-state index contributed by atoms with van der Waals surface area (Å²) in [4.78, 5) is 38.9. The minimum atomic E-state index is -0.403. The van der Waals surface area contributed by atoms with E-state index in [0.717, 1.165) is 41.0 Å². The normalized spacial score (nSPS) is 14.5. The summed E-state index contributed by atoms with van der Waals surface area (Å²) in [5.74, 6) is 0.00116. The summed E-state index contributed by atoms with van der Waals surface area (Å²) < 4.78 is 10.9. The molecular formula is C28H30N2O5S. The molecule has 3 aromatic rings. The Morgan fingerprint density at radius 3 is 2.44 bits per heavy atom. The average Bonchev–Trinajstić information content (AvgIpc) is 3.21. The quantitative estimate of drug-likeness (QED) is 0.386. The highest BCUT2D eigenvalue weighted by molar-refractivity contribution is 7.17. The second-order valence-electron chi connectivity index (χ2n) is 8.96. The number of amides is 2. The number of rotatable bonds is 8. The number of carbonyl (C=O) groups is 3. The second kappa shape index (κ2) is 11.4. The minimum absolute atomic E-state index is 0.226. The van der Waals surface area contributed by atoms with E-state index in [4.69, 9.17) is 9.47 Å². The first kappa shape index (κ1) is 25.4. The van der Waals surface area contributed by atoms with Gasteiger partial charge in [0.25, 0.3) is 11.8 Å². The van der Waals surface area contributed by atoms with Gasteiger partial charge >= 0.3 is 5.97 Å². The SMILES string of the molecule is CCOC(=O)c1c(NC(=O)COc2ccc(C(=O)Nc3ccc(C)cc3)cc2)sc2c1CCC(C)C2. The van der Waals surface area contributed by atoms with Crippen molar-refractivity contribution in [3.8, 4) is 5.75 Å². The highest BCUT2D eigenvalue weighted by Crippen LogP contribution is 2.40. The van der Waals surface area contributed by atoms with Gasteiger partial charge in [-0.25, -0.2) is 4.79 Å². The maximum absolute atomic E-state index is 12.7. The van der Waals surface area contributed by atoms with Crippen molar-refractivity contribution >= 4 is 39.8 Å². The van der Waals surface area contributed by atoms with Gasteiger partial charge in [0.2, 0.25) is 0 Å². The number of ether oxygens (including phenoxy) is 2. The van der Waals surface area contributed by atoms with Crippen molar-refractivity contribution in [2.45, 2.75) is 40.0 Å². The van der Waals surface area contributed by atoms with Gasteiger partial charge in [-0.15, -0.1) is 11.3 Å². The number of carbonyl (C=O) groups excluding carboxylic acids is 3. The summed E-state index contributed by atoms with van der Waals surface area (Å²) in [6.45, 7) is 5.99. The lowest BCUT2D eigenvalue weighted by Gasteiger charge is -2.18. The monoisotopic (exact) mass is 506 g/mol. The molecule has 0 radical (unpaired) electrons. The molecule has 1 atom stereocenters. The van der Waals surface area contributed by atoms with E-state index in [1.165, 1.54) is 11.3 Å². The standard InChI is InChI=1S/C28H30N2O5S/c1-4-34-28(33)25-22-14-7-18(3)15-23(22)36-27(25)30-24(31)16-35-21-12-8-19(9-13-21)26(32)29-20-10-5-17(2)6-11-20/h5-6,8-13,18H,4,7,14-16H2,1-3H3,(H,29,32)(H,30,31). The smallest absolute Gasteiger partial charge is 0.341 e. The summed E-state index contributed by atoms with van der Waals surface area (Å²) in [6, 6.07) is 14.1. The fourth-order valence-corrected chi connectivity index (χ4v) is 5.53. The third-order valence-corrected chi connectivity index (χ3v) is 7.21. The van der Waals surface area contributed by atoms with E-state index in [1.54, 1.807) is 31.2 Å². The van der Waals surface area contributed by atoms with Crippen LogP contribution in [0.5, 0.6) is 5.75 Å². The fraction of sp³-hybridized carbons (Fsp3) is 0.321. The molecule has 7 nitrogen and oxygen atoms in total. The fourth-order valence-electron chi connectivity index (χ4n) is 4.11. The largest absolute Gasteiger partial charge is 0.484 e. The number of aryl methyl sites for hydroxylation is 1. The van der Waals surface area contributed by atoms with Crippen LogP contribution in [0.3, 0.4) is 0 Å². The Balaban J connectivity index is 1.36. The molecule has 1 aromatic heterocycles. The van der Waals surface area contributed by atoms with Gasteiger partial charge in [0, 0.05) is 16.1 Å². The van der Waals surface area contributed by atoms with Crippen LogP contribution in [-0.2, 0) is 22.4 Å². The molecule has 8 heteroatoms. The van der Waals surface area contributed by atoms with E-state index in [-0.39, 0.29) is 25.0 Å². The first-order chi connectivity index (χ1) is 17.3. The van der Waals surface area contributed by atoms with Crippen LogP contribution in [0.25, 0.3) is 0 Å². The van der Waals surface area contributed by atoms with Crippen LogP contribution in [0.1, 0.15) is 57.0 Å². The molecule has 1 unspecified atom stereocenters. The predicted molar refractivity (Wildman–Crippen MR) is 141 cm³/mol. The van der Waals surface area contributed by atoms with E-state index in [1.807, 2.05) is 31.2 Å². The topological polar surface area (TPSA) is 93.7 Å². The average molecular weight is 507 g/mol. The zero-order valence-electron chi connectivity index (χ0n) is 20.7. The molecule has 1 aliphatic rings. The summed E-state index contributed by atoms with van der Waals surface area (Å²) in [5, 5.41) is 6.21. The Hall–Kier alpha value is -3.65. The molecule has 2 amide bonds. The number of nitrogens with one attached hydrogen (secondary N) is 2. The number of hydrogen-bond acceptors (Lipinski definition) is 6. The lowest BCUT2D eigenvalue weighted by molar-refractivity contribution is -0.118. The van der Waals surface area contributed by atoms with Crippen LogP contribution < -0.4 is 15.4 Å². The Labute approximate surface area is 214 Å². The van der Waals surface area contributed by atoms with Gasteiger partial charge in [-0.05, 0) is 81.0 Å². The third-order valence-electron chi connectivity index (χ3n) is 6.04. The molecule has 2 N–H and O–H groups in total. The molecule has 0 bridgehead atoms. The molecule has 1 heterocycles. The van der Waals surface area contributed by atoms with E-state index in [0.29, 0.717) is 27.8 Å². The zero-order chi connectivity index (χ0) is 25.7. The van der Waals surface area contributed by atoms with Crippen molar-refractivity contribution in [3.63, 3.8) is 0 Å².